The highest BCUT2D eigenvalue weighted by Gasteiger charge is 2.20. The zero-order chi connectivity index (χ0) is 22.9. The summed E-state index contributed by atoms with van der Waals surface area (Å²) in [4.78, 5) is 23.2. The first kappa shape index (κ1) is 23.1. The Kier molecular flexibility index (Phi) is 8.14. The highest BCUT2D eigenvalue weighted by molar-refractivity contribution is 5.80. The van der Waals surface area contributed by atoms with Crippen LogP contribution in [0.5, 0.6) is 0 Å². The summed E-state index contributed by atoms with van der Waals surface area (Å²) in [5, 5.41) is 3.53. The van der Waals surface area contributed by atoms with Crippen LogP contribution in [-0.4, -0.2) is 72.9 Å². The lowest BCUT2D eigenvalue weighted by atomic mass is 10.1. The quantitative estimate of drug-likeness (QED) is 0.525. The highest BCUT2D eigenvalue weighted by atomic mass is 16.2. The lowest BCUT2D eigenvalue weighted by Crippen LogP contribution is -2.52. The topological polar surface area (TPSA) is 51.2 Å². The maximum Gasteiger partial charge on any atom is 0.222 e. The highest BCUT2D eigenvalue weighted by Crippen LogP contribution is 2.15. The van der Waals surface area contributed by atoms with Gasteiger partial charge in [0.2, 0.25) is 5.91 Å². The van der Waals surface area contributed by atoms with Crippen molar-refractivity contribution in [1.29, 1.82) is 0 Å². The van der Waals surface area contributed by atoms with Crippen molar-refractivity contribution in [2.75, 3.05) is 46.3 Å². The molecule has 2 aliphatic heterocycles. The molecule has 2 fully saturated rings. The van der Waals surface area contributed by atoms with Gasteiger partial charge in [0.1, 0.15) is 0 Å². The van der Waals surface area contributed by atoms with Crippen LogP contribution >= 0.6 is 0 Å². The Hall–Kier alpha value is -3.12. The molecule has 4 rings (SSSR count). The minimum absolute atomic E-state index is 0.272. The number of hydrogen-bond donors (Lipinski definition) is 1. The van der Waals surface area contributed by atoms with E-state index in [0.29, 0.717) is 13.0 Å². The van der Waals surface area contributed by atoms with Crippen LogP contribution in [0.3, 0.4) is 0 Å². The van der Waals surface area contributed by atoms with Gasteiger partial charge in [-0.05, 0) is 23.1 Å². The van der Waals surface area contributed by atoms with Crippen molar-refractivity contribution in [1.82, 2.24) is 20.0 Å². The second-order valence-corrected chi connectivity index (χ2v) is 8.74. The average Bonchev–Trinajstić information content (AvgIpc) is 3.25. The lowest BCUT2D eigenvalue weighted by molar-refractivity contribution is -0.128. The molecule has 33 heavy (non-hydrogen) atoms. The van der Waals surface area contributed by atoms with Crippen LogP contribution in [0.2, 0.25) is 0 Å². The number of aliphatic imine (C=N–C) groups is 1. The maximum atomic E-state index is 11.9. The Morgan fingerprint density at radius 3 is 2.52 bits per heavy atom. The lowest BCUT2D eigenvalue weighted by Gasteiger charge is -2.36. The number of hydrogen-bond acceptors (Lipinski definition) is 3. The zero-order valence-electron chi connectivity index (χ0n) is 19.6. The minimum atomic E-state index is 0.272. The van der Waals surface area contributed by atoms with Crippen LogP contribution in [0, 0.1) is 0 Å². The van der Waals surface area contributed by atoms with Crippen molar-refractivity contribution in [3.05, 3.63) is 77.4 Å². The van der Waals surface area contributed by atoms with Crippen molar-refractivity contribution >= 4 is 17.9 Å². The molecule has 0 radical (unpaired) electrons. The van der Waals surface area contributed by atoms with Gasteiger partial charge in [0, 0.05) is 65.8 Å². The number of likely N-dealkylation sites (tertiary alicyclic amines) is 1. The van der Waals surface area contributed by atoms with Crippen LogP contribution < -0.4 is 5.32 Å². The molecule has 2 aromatic carbocycles. The normalized spacial score (nSPS) is 17.8. The summed E-state index contributed by atoms with van der Waals surface area (Å²) in [6.07, 6.45) is 6.11. The minimum Gasteiger partial charge on any atom is -0.352 e. The molecular weight excluding hydrogens is 410 g/mol. The van der Waals surface area contributed by atoms with Crippen LogP contribution in [-0.2, 0) is 17.9 Å². The molecule has 1 amide bonds. The number of nitrogens with zero attached hydrogens (tertiary/aromatic N) is 4. The molecule has 2 aliphatic rings. The number of carbonyl (C=O) groups excluding carboxylic acids is 1. The summed E-state index contributed by atoms with van der Waals surface area (Å²) in [6.45, 7) is 7.28. The summed E-state index contributed by atoms with van der Waals surface area (Å²) in [6, 6.07) is 19.0. The van der Waals surface area contributed by atoms with Gasteiger partial charge in [-0.3, -0.25) is 14.7 Å². The molecule has 0 bridgehead atoms. The van der Waals surface area contributed by atoms with Crippen LogP contribution in [0.25, 0.3) is 6.08 Å². The molecule has 2 heterocycles. The van der Waals surface area contributed by atoms with E-state index in [1.807, 2.05) is 18.0 Å². The van der Waals surface area contributed by atoms with Crippen molar-refractivity contribution in [2.24, 2.45) is 4.99 Å². The zero-order valence-corrected chi connectivity index (χ0v) is 19.6. The van der Waals surface area contributed by atoms with Gasteiger partial charge in [0.15, 0.2) is 5.96 Å². The van der Waals surface area contributed by atoms with Crippen LogP contribution in [0.1, 0.15) is 29.5 Å². The molecule has 6 nitrogen and oxygen atoms in total. The summed E-state index contributed by atoms with van der Waals surface area (Å²) >= 11 is 0. The van der Waals surface area contributed by atoms with E-state index in [0.717, 1.165) is 58.2 Å². The van der Waals surface area contributed by atoms with Crippen molar-refractivity contribution in [3.8, 4) is 0 Å². The first-order valence-corrected chi connectivity index (χ1v) is 12.0. The average molecular weight is 446 g/mol. The van der Waals surface area contributed by atoms with Gasteiger partial charge in [0.25, 0.3) is 0 Å². The monoisotopic (exact) mass is 445 g/mol. The summed E-state index contributed by atoms with van der Waals surface area (Å²) in [7, 11) is 1.85. The van der Waals surface area contributed by atoms with E-state index in [4.69, 9.17) is 0 Å². The third-order valence-electron chi connectivity index (χ3n) is 6.34. The number of guanidine groups is 1. The fourth-order valence-electron chi connectivity index (χ4n) is 4.49. The number of carbonyl (C=O) groups is 1. The van der Waals surface area contributed by atoms with Gasteiger partial charge in [-0.15, -0.1) is 0 Å². The van der Waals surface area contributed by atoms with Crippen molar-refractivity contribution < 1.29 is 4.79 Å². The first-order valence-electron chi connectivity index (χ1n) is 12.0. The van der Waals surface area contributed by atoms with Crippen LogP contribution in [0.4, 0.5) is 0 Å². The Morgan fingerprint density at radius 1 is 1.00 bits per heavy atom. The predicted molar refractivity (Wildman–Crippen MR) is 135 cm³/mol. The van der Waals surface area contributed by atoms with E-state index < -0.39 is 0 Å². The molecule has 6 heteroatoms. The Balaban J connectivity index is 1.22. The third kappa shape index (κ3) is 6.68. The smallest absolute Gasteiger partial charge is 0.222 e. The fraction of sp³-hybridized carbons (Fsp3) is 0.407. The molecule has 1 N–H and O–H groups in total. The van der Waals surface area contributed by atoms with Gasteiger partial charge in [-0.1, -0.05) is 66.7 Å². The Morgan fingerprint density at radius 2 is 1.79 bits per heavy atom. The van der Waals surface area contributed by atoms with Gasteiger partial charge < -0.3 is 15.1 Å². The molecule has 174 valence electrons. The SMILES string of the molecule is CN=C(NCc1cccc(CN2CCCC2=O)c1)N1CCN(C/C=C/c2ccccc2)CC1. The second-order valence-electron chi connectivity index (χ2n) is 8.74. The van der Waals surface area contributed by atoms with E-state index in [2.05, 4.69) is 80.8 Å². The number of piperazine rings is 1. The first-order chi connectivity index (χ1) is 16.2. The predicted octanol–water partition coefficient (Wildman–Crippen LogP) is 3.22. The van der Waals surface area contributed by atoms with E-state index in [1.54, 1.807) is 0 Å². The number of amides is 1. The molecule has 0 unspecified atom stereocenters. The van der Waals surface area contributed by atoms with Crippen molar-refractivity contribution in [3.63, 3.8) is 0 Å². The molecule has 0 atom stereocenters. The number of benzene rings is 2. The van der Waals surface area contributed by atoms with E-state index in [-0.39, 0.29) is 5.91 Å². The molecule has 2 aromatic rings. The van der Waals surface area contributed by atoms with Crippen LogP contribution in [0.15, 0.2) is 65.7 Å². The van der Waals surface area contributed by atoms with Gasteiger partial charge >= 0.3 is 0 Å². The largest absolute Gasteiger partial charge is 0.352 e. The van der Waals surface area contributed by atoms with E-state index in [9.17, 15) is 4.79 Å². The van der Waals surface area contributed by atoms with Crippen molar-refractivity contribution in [2.45, 2.75) is 25.9 Å². The Bertz CT molecular complexity index is 963. The summed E-state index contributed by atoms with van der Waals surface area (Å²) in [5.41, 5.74) is 3.65. The van der Waals surface area contributed by atoms with E-state index in [1.165, 1.54) is 16.7 Å². The van der Waals surface area contributed by atoms with Gasteiger partial charge in [-0.25, -0.2) is 0 Å². The molecule has 0 aromatic heterocycles. The fourth-order valence-corrected chi connectivity index (χ4v) is 4.49. The van der Waals surface area contributed by atoms with Gasteiger partial charge in [0.05, 0.1) is 0 Å². The van der Waals surface area contributed by atoms with E-state index >= 15 is 0 Å². The molecule has 0 saturated carbocycles. The number of rotatable bonds is 7. The second kappa shape index (κ2) is 11.7. The Labute approximate surface area is 197 Å². The molecule has 0 spiro atoms. The van der Waals surface area contributed by atoms with Gasteiger partial charge in [-0.2, -0.15) is 0 Å². The summed E-state index contributed by atoms with van der Waals surface area (Å²) in [5.74, 6) is 1.23. The maximum absolute atomic E-state index is 11.9. The summed E-state index contributed by atoms with van der Waals surface area (Å²) < 4.78 is 0. The third-order valence-corrected chi connectivity index (χ3v) is 6.34. The standard InChI is InChI=1S/C27H35N5O/c1-28-27(29-21-24-10-5-11-25(20-24)22-32-15-7-13-26(32)33)31-18-16-30(17-19-31)14-6-12-23-8-3-2-4-9-23/h2-6,8-12,20H,7,13-19,21-22H2,1H3,(H,28,29)/b12-6+. The molecule has 2 saturated heterocycles. The molecule has 0 aliphatic carbocycles. The number of nitrogens with one attached hydrogen (secondary N) is 1. The molecular formula is C27H35N5O.